The molecule has 0 bridgehead atoms. The number of nitrogens with zero attached hydrogens (tertiary/aromatic N) is 2. The molecule has 1 aromatic carbocycles. The molecule has 0 saturated carbocycles. The van der Waals surface area contributed by atoms with Crippen LogP contribution in [0.15, 0.2) is 24.3 Å². The van der Waals surface area contributed by atoms with Gasteiger partial charge in [0.2, 0.25) is 11.8 Å². The molecule has 138 valence electrons. The fourth-order valence-corrected chi connectivity index (χ4v) is 3.59. The van der Waals surface area contributed by atoms with E-state index in [1.54, 1.807) is 0 Å². The Kier molecular flexibility index (Phi) is 7.48. The number of rotatable bonds is 7. The number of hydrogen-bond donors (Lipinski definition) is 0. The average Bonchev–Trinajstić information content (AvgIpc) is 2.63. The van der Waals surface area contributed by atoms with E-state index in [0.717, 1.165) is 49.9 Å². The minimum Gasteiger partial charge on any atom is -0.342 e. The van der Waals surface area contributed by atoms with Crippen molar-refractivity contribution in [3.63, 3.8) is 0 Å². The second-order valence-corrected chi connectivity index (χ2v) is 7.08. The molecule has 0 atom stereocenters. The highest BCUT2D eigenvalue weighted by molar-refractivity contribution is 5.81. The first-order chi connectivity index (χ1) is 12.1. The largest absolute Gasteiger partial charge is 0.342 e. The summed E-state index contributed by atoms with van der Waals surface area (Å²) in [5.41, 5.74) is 2.26. The van der Waals surface area contributed by atoms with Gasteiger partial charge in [0, 0.05) is 32.1 Å². The molecule has 2 amide bonds. The normalized spacial score (nSPS) is 15.2. The first-order valence-electron chi connectivity index (χ1n) is 9.67. The number of piperidine rings is 1. The maximum absolute atomic E-state index is 12.7. The number of carbonyl (C=O) groups is 2. The van der Waals surface area contributed by atoms with Gasteiger partial charge in [0.25, 0.3) is 0 Å². The van der Waals surface area contributed by atoms with Crippen LogP contribution in [0.5, 0.6) is 0 Å². The summed E-state index contributed by atoms with van der Waals surface area (Å²) in [4.78, 5) is 29.2. The quantitative estimate of drug-likeness (QED) is 0.760. The number of likely N-dealkylation sites (tertiary alicyclic amines) is 1. The highest BCUT2D eigenvalue weighted by atomic mass is 16.2. The Bertz CT molecular complexity index is 571. The van der Waals surface area contributed by atoms with Crippen LogP contribution in [0.4, 0.5) is 0 Å². The molecule has 25 heavy (non-hydrogen) atoms. The smallest absolute Gasteiger partial charge is 0.226 e. The van der Waals surface area contributed by atoms with Gasteiger partial charge in [0.05, 0.1) is 6.42 Å². The summed E-state index contributed by atoms with van der Waals surface area (Å²) in [5, 5.41) is 0. The van der Waals surface area contributed by atoms with Gasteiger partial charge < -0.3 is 9.80 Å². The lowest BCUT2D eigenvalue weighted by Gasteiger charge is -2.34. The molecule has 0 N–H and O–H groups in total. The van der Waals surface area contributed by atoms with Crippen molar-refractivity contribution in [3.05, 3.63) is 35.4 Å². The first-order valence-corrected chi connectivity index (χ1v) is 9.67. The zero-order valence-corrected chi connectivity index (χ0v) is 16.0. The molecule has 0 spiro atoms. The molecular formula is C21H32N2O2. The topological polar surface area (TPSA) is 40.6 Å². The maximum Gasteiger partial charge on any atom is 0.226 e. The predicted molar refractivity (Wildman–Crippen MR) is 101 cm³/mol. The minimum absolute atomic E-state index is 0.0839. The van der Waals surface area contributed by atoms with Gasteiger partial charge in [0.15, 0.2) is 0 Å². The third-order valence-corrected chi connectivity index (χ3v) is 5.10. The number of amides is 2. The molecule has 0 aliphatic carbocycles. The van der Waals surface area contributed by atoms with Crippen molar-refractivity contribution in [2.45, 2.75) is 52.9 Å². The summed E-state index contributed by atoms with van der Waals surface area (Å²) in [6.45, 7) is 9.37. The van der Waals surface area contributed by atoms with Gasteiger partial charge in [-0.25, -0.2) is 0 Å². The summed E-state index contributed by atoms with van der Waals surface area (Å²) in [6, 6.07) is 8.05. The zero-order valence-electron chi connectivity index (χ0n) is 16.0. The third-order valence-electron chi connectivity index (χ3n) is 5.10. The molecule has 0 unspecified atom stereocenters. The molecule has 1 aliphatic rings. The van der Waals surface area contributed by atoms with Crippen molar-refractivity contribution >= 4 is 11.8 Å². The van der Waals surface area contributed by atoms with E-state index < -0.39 is 0 Å². The lowest BCUT2D eigenvalue weighted by atomic mass is 9.94. The van der Waals surface area contributed by atoms with E-state index in [-0.39, 0.29) is 17.7 Å². The third kappa shape index (κ3) is 5.32. The van der Waals surface area contributed by atoms with Crippen LogP contribution >= 0.6 is 0 Å². The standard InChI is InChI=1S/C21H32N2O2/c1-4-12-23(13-5-2)21(25)18-10-14-22(15-11-18)20(24)16-19-9-7-6-8-17(19)3/h6-9,18H,4-5,10-16H2,1-3H3. The number of carbonyl (C=O) groups excluding carboxylic acids is 2. The van der Waals surface area contributed by atoms with Gasteiger partial charge >= 0.3 is 0 Å². The minimum atomic E-state index is 0.0839. The van der Waals surface area contributed by atoms with Crippen LogP contribution in [0.25, 0.3) is 0 Å². The van der Waals surface area contributed by atoms with E-state index in [9.17, 15) is 9.59 Å². The van der Waals surface area contributed by atoms with Gasteiger partial charge in [-0.15, -0.1) is 0 Å². The van der Waals surface area contributed by atoms with Crippen molar-refractivity contribution in [1.82, 2.24) is 9.80 Å². The Morgan fingerprint density at radius 2 is 1.68 bits per heavy atom. The summed E-state index contributed by atoms with van der Waals surface area (Å²) in [6.07, 6.45) is 4.05. The fourth-order valence-electron chi connectivity index (χ4n) is 3.59. The highest BCUT2D eigenvalue weighted by Gasteiger charge is 2.29. The molecule has 1 saturated heterocycles. The second kappa shape index (κ2) is 9.59. The summed E-state index contributed by atoms with van der Waals surface area (Å²) < 4.78 is 0. The van der Waals surface area contributed by atoms with Gasteiger partial charge in [-0.2, -0.15) is 0 Å². The summed E-state index contributed by atoms with van der Waals surface area (Å²) in [7, 11) is 0. The van der Waals surface area contributed by atoms with Crippen molar-refractivity contribution in [2.75, 3.05) is 26.2 Å². The van der Waals surface area contributed by atoms with E-state index in [2.05, 4.69) is 13.8 Å². The van der Waals surface area contributed by atoms with Crippen LogP contribution in [0, 0.1) is 12.8 Å². The molecule has 0 radical (unpaired) electrons. The van der Waals surface area contributed by atoms with Gasteiger partial charge in [-0.1, -0.05) is 38.1 Å². The fraction of sp³-hybridized carbons (Fsp3) is 0.619. The lowest BCUT2D eigenvalue weighted by Crippen LogP contribution is -2.45. The number of hydrogen-bond acceptors (Lipinski definition) is 2. The monoisotopic (exact) mass is 344 g/mol. The van der Waals surface area contributed by atoms with E-state index in [4.69, 9.17) is 0 Å². The van der Waals surface area contributed by atoms with E-state index in [1.165, 1.54) is 0 Å². The molecule has 4 nitrogen and oxygen atoms in total. The second-order valence-electron chi connectivity index (χ2n) is 7.08. The van der Waals surface area contributed by atoms with Gasteiger partial charge in [-0.05, 0) is 43.7 Å². The molecule has 1 fully saturated rings. The number of aryl methyl sites for hydroxylation is 1. The van der Waals surface area contributed by atoms with Crippen molar-refractivity contribution in [3.8, 4) is 0 Å². The first kappa shape index (κ1) is 19.5. The molecule has 2 rings (SSSR count). The van der Waals surface area contributed by atoms with Crippen molar-refractivity contribution in [1.29, 1.82) is 0 Å². The Labute approximate surface area is 152 Å². The van der Waals surface area contributed by atoms with Crippen LogP contribution < -0.4 is 0 Å². The molecule has 1 aliphatic heterocycles. The average molecular weight is 344 g/mol. The lowest BCUT2D eigenvalue weighted by molar-refractivity contribution is -0.140. The molecule has 1 aromatic rings. The molecule has 1 heterocycles. The van der Waals surface area contributed by atoms with E-state index in [0.29, 0.717) is 19.5 Å². The molecular weight excluding hydrogens is 312 g/mol. The SMILES string of the molecule is CCCN(CCC)C(=O)C1CCN(C(=O)Cc2ccccc2C)CC1. The predicted octanol–water partition coefficient (Wildman–Crippen LogP) is 3.42. The van der Waals surface area contributed by atoms with E-state index >= 15 is 0 Å². The van der Waals surface area contributed by atoms with Gasteiger partial charge in [0.1, 0.15) is 0 Å². The van der Waals surface area contributed by atoms with Gasteiger partial charge in [-0.3, -0.25) is 9.59 Å². The zero-order chi connectivity index (χ0) is 18.2. The summed E-state index contributed by atoms with van der Waals surface area (Å²) in [5.74, 6) is 0.550. The highest BCUT2D eigenvalue weighted by Crippen LogP contribution is 2.21. The molecule has 0 aromatic heterocycles. The maximum atomic E-state index is 12.7. The van der Waals surface area contributed by atoms with E-state index in [1.807, 2.05) is 41.0 Å². The number of benzene rings is 1. The Hall–Kier alpha value is -1.84. The van der Waals surface area contributed by atoms with Crippen LogP contribution in [0.2, 0.25) is 0 Å². The van der Waals surface area contributed by atoms with Crippen LogP contribution in [-0.2, 0) is 16.0 Å². The Morgan fingerprint density at radius 1 is 1.08 bits per heavy atom. The van der Waals surface area contributed by atoms with Crippen LogP contribution in [0.3, 0.4) is 0 Å². The van der Waals surface area contributed by atoms with Crippen LogP contribution in [-0.4, -0.2) is 47.8 Å². The van der Waals surface area contributed by atoms with Crippen molar-refractivity contribution < 1.29 is 9.59 Å². The Balaban J connectivity index is 1.87. The van der Waals surface area contributed by atoms with Crippen molar-refractivity contribution in [2.24, 2.45) is 5.92 Å². The van der Waals surface area contributed by atoms with Crippen LogP contribution in [0.1, 0.15) is 50.7 Å². The summed E-state index contributed by atoms with van der Waals surface area (Å²) >= 11 is 0. The Morgan fingerprint density at radius 3 is 2.24 bits per heavy atom. The molecule has 4 heteroatoms.